The van der Waals surface area contributed by atoms with Crippen LogP contribution < -0.4 is 5.32 Å². The molecule has 3 nitrogen and oxygen atoms in total. The number of nitrogens with one attached hydrogen (secondary N) is 1. The van der Waals surface area contributed by atoms with Gasteiger partial charge in [0.1, 0.15) is 0 Å². The Labute approximate surface area is 134 Å². The van der Waals surface area contributed by atoms with E-state index in [1.54, 1.807) is 0 Å². The van der Waals surface area contributed by atoms with Gasteiger partial charge >= 0.3 is 0 Å². The van der Waals surface area contributed by atoms with E-state index < -0.39 is 0 Å². The van der Waals surface area contributed by atoms with Crippen molar-refractivity contribution in [1.82, 2.24) is 10.2 Å². The minimum atomic E-state index is 0.230. The average Bonchev–Trinajstić information content (AvgIpc) is 2.49. The van der Waals surface area contributed by atoms with Gasteiger partial charge < -0.3 is 15.3 Å². The van der Waals surface area contributed by atoms with E-state index in [9.17, 15) is 0 Å². The molecule has 21 heavy (non-hydrogen) atoms. The van der Waals surface area contributed by atoms with Crippen LogP contribution in [0.3, 0.4) is 0 Å². The predicted molar refractivity (Wildman–Crippen MR) is 90.9 cm³/mol. The summed E-state index contributed by atoms with van der Waals surface area (Å²) in [6.07, 6.45) is 3.29. The van der Waals surface area contributed by atoms with Crippen molar-refractivity contribution >= 4 is 11.6 Å². The molecule has 0 amide bonds. The first-order valence-electron chi connectivity index (χ1n) is 8.03. The Hall–Kier alpha value is -0.610. The van der Waals surface area contributed by atoms with Crippen molar-refractivity contribution in [3.05, 3.63) is 34.9 Å². The van der Waals surface area contributed by atoms with Gasteiger partial charge in [0, 0.05) is 24.2 Å². The molecule has 0 bridgehead atoms. The number of halogens is 1. The maximum Gasteiger partial charge on any atom is 0.0558 e. The van der Waals surface area contributed by atoms with E-state index in [2.05, 4.69) is 36.2 Å². The molecule has 1 atom stereocenters. The van der Waals surface area contributed by atoms with Gasteiger partial charge in [0.05, 0.1) is 6.61 Å². The third kappa shape index (κ3) is 7.28. The van der Waals surface area contributed by atoms with Crippen LogP contribution in [0.15, 0.2) is 24.3 Å². The number of aliphatic hydroxyl groups excluding tert-OH is 1. The van der Waals surface area contributed by atoms with Gasteiger partial charge in [-0.15, -0.1) is 0 Å². The van der Waals surface area contributed by atoms with Crippen LogP contribution in [0.25, 0.3) is 0 Å². The Balaban J connectivity index is 2.62. The molecule has 0 saturated heterocycles. The fraction of sp³-hybridized carbons (Fsp3) is 0.647. The van der Waals surface area contributed by atoms with Gasteiger partial charge in [-0.2, -0.15) is 0 Å². The van der Waals surface area contributed by atoms with E-state index in [0.717, 1.165) is 50.5 Å². The highest BCUT2D eigenvalue weighted by Crippen LogP contribution is 2.20. The van der Waals surface area contributed by atoms with Crippen LogP contribution in [0.1, 0.15) is 44.7 Å². The summed E-state index contributed by atoms with van der Waals surface area (Å²) in [6.45, 7) is 8.40. The van der Waals surface area contributed by atoms with E-state index in [0.29, 0.717) is 6.04 Å². The van der Waals surface area contributed by atoms with Crippen molar-refractivity contribution in [3.63, 3.8) is 0 Å². The molecule has 0 fully saturated rings. The van der Waals surface area contributed by atoms with Gasteiger partial charge in [-0.1, -0.05) is 37.6 Å². The van der Waals surface area contributed by atoms with Crippen LogP contribution in [0.4, 0.5) is 0 Å². The molecule has 0 aromatic heterocycles. The third-order valence-electron chi connectivity index (χ3n) is 3.60. The van der Waals surface area contributed by atoms with Crippen molar-refractivity contribution in [2.75, 3.05) is 32.8 Å². The molecule has 1 unspecified atom stereocenters. The first kappa shape index (κ1) is 18.4. The van der Waals surface area contributed by atoms with Crippen LogP contribution in [-0.4, -0.2) is 42.8 Å². The summed E-state index contributed by atoms with van der Waals surface area (Å²) in [6, 6.07) is 8.46. The van der Waals surface area contributed by atoms with Crippen LogP contribution in [0.5, 0.6) is 0 Å². The van der Waals surface area contributed by atoms with Gasteiger partial charge in [-0.3, -0.25) is 0 Å². The van der Waals surface area contributed by atoms with Crippen molar-refractivity contribution in [1.29, 1.82) is 0 Å². The van der Waals surface area contributed by atoms with E-state index in [-0.39, 0.29) is 6.61 Å². The van der Waals surface area contributed by atoms with Crippen LogP contribution in [-0.2, 0) is 0 Å². The number of hydrogen-bond acceptors (Lipinski definition) is 3. The molecular weight excluding hydrogens is 284 g/mol. The first-order valence-corrected chi connectivity index (χ1v) is 8.41. The summed E-state index contributed by atoms with van der Waals surface area (Å²) in [7, 11) is 0. The second-order valence-corrected chi connectivity index (χ2v) is 5.85. The number of hydrogen-bond donors (Lipinski definition) is 2. The summed E-state index contributed by atoms with van der Waals surface area (Å²) in [4.78, 5) is 2.33. The SMILES string of the molecule is CCCNC(CCN(CCC)CCO)c1ccc(Cl)cc1. The Morgan fingerprint density at radius 1 is 1.10 bits per heavy atom. The van der Waals surface area contributed by atoms with Crippen molar-refractivity contribution in [3.8, 4) is 0 Å². The molecule has 2 N–H and O–H groups in total. The van der Waals surface area contributed by atoms with Crippen LogP contribution >= 0.6 is 11.6 Å². The summed E-state index contributed by atoms with van der Waals surface area (Å²) in [5.74, 6) is 0. The Morgan fingerprint density at radius 3 is 2.38 bits per heavy atom. The fourth-order valence-corrected chi connectivity index (χ4v) is 2.63. The van der Waals surface area contributed by atoms with E-state index >= 15 is 0 Å². The molecule has 1 rings (SSSR count). The zero-order valence-electron chi connectivity index (χ0n) is 13.3. The molecule has 0 spiro atoms. The minimum absolute atomic E-state index is 0.230. The highest BCUT2D eigenvalue weighted by atomic mass is 35.5. The summed E-state index contributed by atoms with van der Waals surface area (Å²) in [5.41, 5.74) is 1.29. The molecule has 0 saturated carbocycles. The Bertz CT molecular complexity index is 364. The molecule has 0 aliphatic heterocycles. The summed E-state index contributed by atoms with van der Waals surface area (Å²) in [5, 5.41) is 13.5. The summed E-state index contributed by atoms with van der Waals surface area (Å²) < 4.78 is 0. The molecule has 120 valence electrons. The van der Waals surface area contributed by atoms with Gasteiger partial charge in [0.2, 0.25) is 0 Å². The van der Waals surface area contributed by atoms with Crippen molar-refractivity contribution in [2.45, 2.75) is 39.2 Å². The molecule has 0 aliphatic carbocycles. The second kappa shape index (κ2) is 11.0. The smallest absolute Gasteiger partial charge is 0.0558 e. The maximum absolute atomic E-state index is 9.15. The standard InChI is InChI=1S/C17H29ClN2O/c1-3-10-19-17(15-5-7-16(18)8-6-15)9-12-20(11-4-2)13-14-21/h5-8,17,19,21H,3-4,9-14H2,1-2H3. The topological polar surface area (TPSA) is 35.5 Å². The molecule has 0 heterocycles. The zero-order chi connectivity index (χ0) is 15.5. The van der Waals surface area contributed by atoms with E-state index in [1.807, 2.05) is 12.1 Å². The quantitative estimate of drug-likeness (QED) is 0.656. The fourth-order valence-electron chi connectivity index (χ4n) is 2.50. The lowest BCUT2D eigenvalue weighted by atomic mass is 10.0. The second-order valence-electron chi connectivity index (χ2n) is 5.41. The zero-order valence-corrected chi connectivity index (χ0v) is 14.1. The van der Waals surface area contributed by atoms with Gasteiger partial charge in [0.15, 0.2) is 0 Å². The highest BCUT2D eigenvalue weighted by molar-refractivity contribution is 6.30. The van der Waals surface area contributed by atoms with Gasteiger partial charge in [-0.25, -0.2) is 0 Å². The summed E-state index contributed by atoms with van der Waals surface area (Å²) >= 11 is 5.97. The predicted octanol–water partition coefficient (Wildman–Crippen LogP) is 3.48. The lowest BCUT2D eigenvalue weighted by Crippen LogP contribution is -2.32. The largest absolute Gasteiger partial charge is 0.395 e. The Kier molecular flexibility index (Phi) is 9.68. The van der Waals surface area contributed by atoms with E-state index in [4.69, 9.17) is 16.7 Å². The first-order chi connectivity index (χ1) is 10.2. The number of rotatable bonds is 11. The average molecular weight is 313 g/mol. The molecule has 0 radical (unpaired) electrons. The molecule has 0 aliphatic rings. The third-order valence-corrected chi connectivity index (χ3v) is 3.86. The molecular formula is C17H29ClN2O. The number of benzene rings is 1. The molecule has 1 aromatic rings. The normalized spacial score (nSPS) is 12.8. The lowest BCUT2D eigenvalue weighted by molar-refractivity contribution is 0.189. The van der Waals surface area contributed by atoms with Crippen molar-refractivity contribution in [2.24, 2.45) is 0 Å². The molecule has 4 heteroatoms. The molecule has 1 aromatic carbocycles. The number of nitrogens with zero attached hydrogens (tertiary/aromatic N) is 1. The van der Waals surface area contributed by atoms with Gasteiger partial charge in [-0.05, 0) is 50.0 Å². The van der Waals surface area contributed by atoms with Crippen LogP contribution in [0, 0.1) is 0 Å². The van der Waals surface area contributed by atoms with Crippen molar-refractivity contribution < 1.29 is 5.11 Å². The maximum atomic E-state index is 9.15. The lowest BCUT2D eigenvalue weighted by Gasteiger charge is -2.25. The number of aliphatic hydroxyl groups is 1. The van der Waals surface area contributed by atoms with Gasteiger partial charge in [0.25, 0.3) is 0 Å². The van der Waals surface area contributed by atoms with E-state index in [1.165, 1.54) is 5.56 Å². The highest BCUT2D eigenvalue weighted by Gasteiger charge is 2.12. The minimum Gasteiger partial charge on any atom is -0.395 e. The van der Waals surface area contributed by atoms with Crippen LogP contribution in [0.2, 0.25) is 5.02 Å². The Morgan fingerprint density at radius 2 is 1.81 bits per heavy atom. The monoisotopic (exact) mass is 312 g/mol.